The molecule has 0 aromatic carbocycles. The standard InChI is InChI=1S/C11H19NO4/c1-4-7-12(8-10(13)16-6-3)9(5-2)11(14)15/h4,9H,1,5-8H2,2-3H3,(H,14,15). The molecule has 5 heteroatoms. The van der Waals surface area contributed by atoms with Crippen LogP contribution in [0, 0.1) is 0 Å². The molecular weight excluding hydrogens is 210 g/mol. The van der Waals surface area contributed by atoms with Gasteiger partial charge in [0, 0.05) is 6.54 Å². The summed E-state index contributed by atoms with van der Waals surface area (Å²) in [5.74, 6) is -1.35. The largest absolute Gasteiger partial charge is 0.480 e. The molecule has 0 aliphatic rings. The van der Waals surface area contributed by atoms with Gasteiger partial charge >= 0.3 is 11.9 Å². The Kier molecular flexibility index (Phi) is 7.20. The summed E-state index contributed by atoms with van der Waals surface area (Å²) in [5, 5.41) is 8.99. The molecule has 0 heterocycles. The number of nitrogens with zero attached hydrogens (tertiary/aromatic N) is 1. The summed E-state index contributed by atoms with van der Waals surface area (Å²) < 4.78 is 4.79. The number of carboxylic acid groups (broad SMARTS) is 1. The fourth-order valence-corrected chi connectivity index (χ4v) is 1.43. The number of rotatable bonds is 8. The van der Waals surface area contributed by atoms with Crippen LogP contribution in [0.5, 0.6) is 0 Å². The van der Waals surface area contributed by atoms with Crippen molar-refractivity contribution >= 4 is 11.9 Å². The minimum absolute atomic E-state index is 0.0231. The van der Waals surface area contributed by atoms with Crippen LogP contribution in [0.3, 0.4) is 0 Å². The first kappa shape index (κ1) is 14.6. The number of esters is 1. The molecular formula is C11H19NO4. The summed E-state index contributed by atoms with van der Waals surface area (Å²) in [6.07, 6.45) is 2.01. The topological polar surface area (TPSA) is 66.8 Å². The van der Waals surface area contributed by atoms with Gasteiger partial charge in [-0.1, -0.05) is 13.0 Å². The first-order chi connectivity index (χ1) is 7.56. The molecule has 0 amide bonds. The molecule has 0 spiro atoms. The van der Waals surface area contributed by atoms with Crippen molar-refractivity contribution in [2.75, 3.05) is 19.7 Å². The van der Waals surface area contributed by atoms with Crippen LogP contribution >= 0.6 is 0 Å². The van der Waals surface area contributed by atoms with Crippen molar-refractivity contribution in [2.45, 2.75) is 26.3 Å². The average molecular weight is 229 g/mol. The van der Waals surface area contributed by atoms with Gasteiger partial charge in [-0.3, -0.25) is 14.5 Å². The van der Waals surface area contributed by atoms with Gasteiger partial charge in [0.15, 0.2) is 0 Å². The van der Waals surface area contributed by atoms with Gasteiger partial charge in [-0.05, 0) is 13.3 Å². The van der Waals surface area contributed by atoms with Crippen molar-refractivity contribution in [2.24, 2.45) is 0 Å². The van der Waals surface area contributed by atoms with E-state index in [1.165, 1.54) is 4.90 Å². The Hall–Kier alpha value is -1.36. The monoisotopic (exact) mass is 229 g/mol. The van der Waals surface area contributed by atoms with Crippen molar-refractivity contribution in [1.82, 2.24) is 4.90 Å². The summed E-state index contributed by atoms with van der Waals surface area (Å²) in [4.78, 5) is 23.8. The molecule has 0 rings (SSSR count). The number of carboxylic acids is 1. The van der Waals surface area contributed by atoms with E-state index >= 15 is 0 Å². The van der Waals surface area contributed by atoms with E-state index in [0.717, 1.165) is 0 Å². The highest BCUT2D eigenvalue weighted by atomic mass is 16.5. The molecule has 0 aromatic rings. The maximum absolute atomic E-state index is 11.3. The molecule has 0 bridgehead atoms. The van der Waals surface area contributed by atoms with Crippen LogP contribution in [-0.4, -0.2) is 47.7 Å². The van der Waals surface area contributed by atoms with Crippen molar-refractivity contribution in [3.05, 3.63) is 12.7 Å². The first-order valence-corrected chi connectivity index (χ1v) is 5.30. The Morgan fingerprint density at radius 3 is 2.50 bits per heavy atom. The molecule has 0 radical (unpaired) electrons. The van der Waals surface area contributed by atoms with Gasteiger partial charge in [0.25, 0.3) is 0 Å². The number of hydrogen-bond acceptors (Lipinski definition) is 4. The first-order valence-electron chi connectivity index (χ1n) is 5.30. The lowest BCUT2D eigenvalue weighted by Gasteiger charge is -2.25. The van der Waals surface area contributed by atoms with E-state index in [4.69, 9.17) is 9.84 Å². The number of ether oxygens (including phenoxy) is 1. The van der Waals surface area contributed by atoms with Crippen LogP contribution in [0.15, 0.2) is 12.7 Å². The van der Waals surface area contributed by atoms with Crippen LogP contribution in [0.4, 0.5) is 0 Å². The summed E-state index contributed by atoms with van der Waals surface area (Å²) in [6, 6.07) is -0.678. The minimum Gasteiger partial charge on any atom is -0.480 e. The minimum atomic E-state index is -0.936. The zero-order chi connectivity index (χ0) is 12.6. The third-order valence-corrected chi connectivity index (χ3v) is 2.11. The maximum atomic E-state index is 11.3. The van der Waals surface area contributed by atoms with E-state index in [9.17, 15) is 9.59 Å². The van der Waals surface area contributed by atoms with Gasteiger partial charge in [0.05, 0.1) is 13.2 Å². The smallest absolute Gasteiger partial charge is 0.320 e. The third kappa shape index (κ3) is 4.93. The normalized spacial score (nSPS) is 12.2. The number of aliphatic carboxylic acids is 1. The zero-order valence-corrected chi connectivity index (χ0v) is 9.81. The van der Waals surface area contributed by atoms with Gasteiger partial charge in [-0.2, -0.15) is 0 Å². The second-order valence-electron chi connectivity index (χ2n) is 3.29. The van der Waals surface area contributed by atoms with Gasteiger partial charge < -0.3 is 9.84 Å². The van der Waals surface area contributed by atoms with Gasteiger partial charge in [-0.15, -0.1) is 6.58 Å². The number of carbonyl (C=O) groups excluding carboxylic acids is 1. The predicted molar refractivity (Wildman–Crippen MR) is 60.1 cm³/mol. The Labute approximate surface area is 95.7 Å². The van der Waals surface area contributed by atoms with Crippen molar-refractivity contribution in [3.63, 3.8) is 0 Å². The zero-order valence-electron chi connectivity index (χ0n) is 9.81. The number of hydrogen-bond donors (Lipinski definition) is 1. The molecule has 0 aliphatic carbocycles. The lowest BCUT2D eigenvalue weighted by Crippen LogP contribution is -2.44. The summed E-state index contributed by atoms with van der Waals surface area (Å²) in [7, 11) is 0. The van der Waals surface area contributed by atoms with Crippen molar-refractivity contribution < 1.29 is 19.4 Å². The second kappa shape index (κ2) is 7.87. The molecule has 0 fully saturated rings. The van der Waals surface area contributed by atoms with Crippen molar-refractivity contribution in [1.29, 1.82) is 0 Å². The molecule has 1 N–H and O–H groups in total. The van der Waals surface area contributed by atoms with Crippen LogP contribution < -0.4 is 0 Å². The second-order valence-corrected chi connectivity index (χ2v) is 3.29. The highest BCUT2D eigenvalue weighted by Crippen LogP contribution is 2.05. The molecule has 1 atom stereocenters. The number of carbonyl (C=O) groups is 2. The van der Waals surface area contributed by atoms with Crippen LogP contribution in [0.25, 0.3) is 0 Å². The predicted octanol–water partition coefficient (Wildman–Crippen LogP) is 0.901. The fourth-order valence-electron chi connectivity index (χ4n) is 1.43. The summed E-state index contributed by atoms with van der Waals surface area (Å²) in [6.45, 7) is 7.64. The van der Waals surface area contributed by atoms with E-state index in [2.05, 4.69) is 6.58 Å². The van der Waals surface area contributed by atoms with E-state index in [-0.39, 0.29) is 6.54 Å². The molecule has 16 heavy (non-hydrogen) atoms. The molecule has 92 valence electrons. The highest BCUT2D eigenvalue weighted by molar-refractivity contribution is 5.76. The lowest BCUT2D eigenvalue weighted by molar-refractivity contribution is -0.148. The van der Waals surface area contributed by atoms with Gasteiger partial charge in [-0.25, -0.2) is 0 Å². The quantitative estimate of drug-likeness (QED) is 0.495. The third-order valence-electron chi connectivity index (χ3n) is 2.11. The van der Waals surface area contributed by atoms with E-state index < -0.39 is 18.0 Å². The van der Waals surface area contributed by atoms with E-state index in [1.807, 2.05) is 0 Å². The Morgan fingerprint density at radius 2 is 2.12 bits per heavy atom. The Balaban J connectivity index is 4.51. The van der Waals surface area contributed by atoms with Crippen LogP contribution in [0.1, 0.15) is 20.3 Å². The summed E-state index contributed by atoms with van der Waals surface area (Å²) in [5.41, 5.74) is 0. The van der Waals surface area contributed by atoms with E-state index in [0.29, 0.717) is 19.6 Å². The van der Waals surface area contributed by atoms with Crippen LogP contribution in [-0.2, 0) is 14.3 Å². The summed E-state index contributed by atoms with van der Waals surface area (Å²) >= 11 is 0. The molecule has 0 aromatic heterocycles. The average Bonchev–Trinajstić information content (AvgIpc) is 2.18. The van der Waals surface area contributed by atoms with Gasteiger partial charge in [0.1, 0.15) is 6.04 Å². The lowest BCUT2D eigenvalue weighted by atomic mass is 10.2. The molecule has 0 saturated carbocycles. The fraction of sp³-hybridized carbons (Fsp3) is 0.636. The Bertz CT molecular complexity index is 252. The maximum Gasteiger partial charge on any atom is 0.320 e. The molecule has 0 saturated heterocycles. The highest BCUT2D eigenvalue weighted by Gasteiger charge is 2.24. The van der Waals surface area contributed by atoms with E-state index in [1.54, 1.807) is 19.9 Å². The molecule has 0 aliphatic heterocycles. The SMILES string of the molecule is C=CCN(CC(=O)OCC)C(CC)C(=O)O. The van der Waals surface area contributed by atoms with Gasteiger partial charge in [0.2, 0.25) is 0 Å². The molecule has 1 unspecified atom stereocenters. The molecule has 5 nitrogen and oxygen atoms in total. The Morgan fingerprint density at radius 1 is 1.50 bits per heavy atom. The van der Waals surface area contributed by atoms with Crippen LogP contribution in [0.2, 0.25) is 0 Å². The van der Waals surface area contributed by atoms with Crippen molar-refractivity contribution in [3.8, 4) is 0 Å².